The van der Waals surface area contributed by atoms with Crippen molar-refractivity contribution in [2.24, 2.45) is 0 Å². The number of carbonyl (C=O) groups excluding carboxylic acids is 1. The summed E-state index contributed by atoms with van der Waals surface area (Å²) in [5, 5.41) is 2.81. The molecule has 114 valence electrons. The maximum Gasteiger partial charge on any atom is 0.262 e. The van der Waals surface area contributed by atoms with Gasteiger partial charge in [-0.05, 0) is 47.5 Å². The molecule has 0 aliphatic carbocycles. The van der Waals surface area contributed by atoms with Gasteiger partial charge in [-0.1, -0.05) is 30.3 Å². The van der Waals surface area contributed by atoms with E-state index in [-0.39, 0.29) is 12.5 Å². The first kappa shape index (κ1) is 14.8. The fourth-order valence-corrected chi connectivity index (χ4v) is 2.15. The van der Waals surface area contributed by atoms with Gasteiger partial charge in [0.05, 0.1) is 0 Å². The first-order valence-electron chi connectivity index (χ1n) is 7.29. The second kappa shape index (κ2) is 7.22. The molecule has 3 aromatic rings. The van der Waals surface area contributed by atoms with Gasteiger partial charge in [0.25, 0.3) is 5.91 Å². The van der Waals surface area contributed by atoms with Crippen molar-refractivity contribution in [3.05, 3.63) is 79.1 Å². The second-order valence-corrected chi connectivity index (χ2v) is 4.96. The standard InChI is InChI=1S/C19H16N2O2/c22-19(14-23-18-4-2-1-3-5-18)21-17-8-6-15(7-9-17)16-10-12-20-13-11-16/h1-13H,14H2,(H,21,22). The highest BCUT2D eigenvalue weighted by Crippen LogP contribution is 2.20. The van der Waals surface area contributed by atoms with Crippen molar-refractivity contribution in [3.8, 4) is 16.9 Å². The highest BCUT2D eigenvalue weighted by Gasteiger charge is 2.04. The Bertz CT molecular complexity index is 756. The Hall–Kier alpha value is -3.14. The van der Waals surface area contributed by atoms with Crippen molar-refractivity contribution < 1.29 is 9.53 Å². The Kier molecular flexibility index (Phi) is 4.64. The number of carbonyl (C=O) groups is 1. The maximum atomic E-state index is 11.9. The lowest BCUT2D eigenvalue weighted by molar-refractivity contribution is -0.118. The minimum Gasteiger partial charge on any atom is -0.484 e. The van der Waals surface area contributed by atoms with E-state index in [2.05, 4.69) is 10.3 Å². The van der Waals surface area contributed by atoms with Crippen LogP contribution in [0.25, 0.3) is 11.1 Å². The summed E-state index contributed by atoms with van der Waals surface area (Å²) in [5.41, 5.74) is 2.90. The zero-order valence-electron chi connectivity index (χ0n) is 12.5. The quantitative estimate of drug-likeness (QED) is 0.780. The first-order chi connectivity index (χ1) is 11.3. The predicted octanol–water partition coefficient (Wildman–Crippen LogP) is 3.77. The number of hydrogen-bond acceptors (Lipinski definition) is 3. The van der Waals surface area contributed by atoms with Crippen molar-refractivity contribution >= 4 is 11.6 Å². The summed E-state index contributed by atoms with van der Waals surface area (Å²) in [5.74, 6) is 0.487. The van der Waals surface area contributed by atoms with Crippen LogP contribution in [-0.4, -0.2) is 17.5 Å². The monoisotopic (exact) mass is 304 g/mol. The summed E-state index contributed by atoms with van der Waals surface area (Å²) in [7, 11) is 0. The van der Waals surface area contributed by atoms with Crippen molar-refractivity contribution in [2.75, 3.05) is 11.9 Å². The Morgan fingerprint density at radius 2 is 1.52 bits per heavy atom. The minimum atomic E-state index is -0.189. The van der Waals surface area contributed by atoms with Crippen molar-refractivity contribution in [1.29, 1.82) is 0 Å². The van der Waals surface area contributed by atoms with Gasteiger partial charge in [0, 0.05) is 18.1 Å². The molecule has 23 heavy (non-hydrogen) atoms. The normalized spacial score (nSPS) is 10.1. The lowest BCUT2D eigenvalue weighted by Gasteiger charge is -2.08. The van der Waals surface area contributed by atoms with Gasteiger partial charge in [-0.25, -0.2) is 0 Å². The molecule has 3 rings (SSSR count). The van der Waals surface area contributed by atoms with Gasteiger partial charge < -0.3 is 10.1 Å². The van der Waals surface area contributed by atoms with Gasteiger partial charge in [0.15, 0.2) is 6.61 Å². The van der Waals surface area contributed by atoms with E-state index in [1.165, 1.54) is 0 Å². The molecule has 1 amide bonds. The Morgan fingerprint density at radius 3 is 2.22 bits per heavy atom. The van der Waals surface area contributed by atoms with Gasteiger partial charge in [0.1, 0.15) is 5.75 Å². The van der Waals surface area contributed by atoms with E-state index < -0.39 is 0 Å². The van der Waals surface area contributed by atoms with E-state index in [0.29, 0.717) is 5.75 Å². The molecule has 0 spiro atoms. The molecule has 0 atom stereocenters. The topological polar surface area (TPSA) is 51.2 Å². The van der Waals surface area contributed by atoms with Crippen molar-refractivity contribution in [3.63, 3.8) is 0 Å². The highest BCUT2D eigenvalue weighted by atomic mass is 16.5. The number of aromatic nitrogens is 1. The predicted molar refractivity (Wildman–Crippen MR) is 90.2 cm³/mol. The summed E-state index contributed by atoms with van der Waals surface area (Å²) in [6, 6.07) is 20.8. The third kappa shape index (κ3) is 4.17. The Labute approximate surface area is 134 Å². The minimum absolute atomic E-state index is 0.0177. The molecule has 0 saturated carbocycles. The number of nitrogens with zero attached hydrogens (tertiary/aromatic N) is 1. The number of amides is 1. The van der Waals surface area contributed by atoms with Gasteiger partial charge in [-0.2, -0.15) is 0 Å². The van der Waals surface area contributed by atoms with Crippen LogP contribution in [0.15, 0.2) is 79.1 Å². The molecule has 0 radical (unpaired) electrons. The zero-order chi connectivity index (χ0) is 15.9. The van der Waals surface area contributed by atoms with Crippen LogP contribution in [0.4, 0.5) is 5.69 Å². The van der Waals surface area contributed by atoms with E-state index in [0.717, 1.165) is 16.8 Å². The molecular formula is C19H16N2O2. The second-order valence-electron chi connectivity index (χ2n) is 4.96. The summed E-state index contributed by atoms with van der Waals surface area (Å²) < 4.78 is 5.41. The number of benzene rings is 2. The highest BCUT2D eigenvalue weighted by molar-refractivity contribution is 5.92. The number of hydrogen-bond donors (Lipinski definition) is 1. The number of ether oxygens (including phenoxy) is 1. The largest absolute Gasteiger partial charge is 0.484 e. The van der Waals surface area contributed by atoms with E-state index in [1.54, 1.807) is 12.4 Å². The van der Waals surface area contributed by atoms with Crippen LogP contribution in [0.2, 0.25) is 0 Å². The average molecular weight is 304 g/mol. The van der Waals surface area contributed by atoms with Crippen LogP contribution in [0.3, 0.4) is 0 Å². The van der Waals surface area contributed by atoms with Gasteiger partial charge in [-0.3, -0.25) is 9.78 Å². The lowest BCUT2D eigenvalue weighted by Crippen LogP contribution is -2.20. The van der Waals surface area contributed by atoms with Crippen LogP contribution in [-0.2, 0) is 4.79 Å². The van der Waals surface area contributed by atoms with Crippen LogP contribution in [0.5, 0.6) is 5.75 Å². The molecule has 0 bridgehead atoms. The third-order valence-electron chi connectivity index (χ3n) is 3.30. The molecule has 0 aliphatic rings. The molecular weight excluding hydrogens is 288 g/mol. The fraction of sp³-hybridized carbons (Fsp3) is 0.0526. The zero-order valence-corrected chi connectivity index (χ0v) is 12.5. The molecule has 1 aromatic heterocycles. The average Bonchev–Trinajstić information content (AvgIpc) is 2.62. The maximum absolute atomic E-state index is 11.9. The summed E-state index contributed by atoms with van der Waals surface area (Å²) in [4.78, 5) is 15.9. The molecule has 0 fully saturated rings. The molecule has 4 heteroatoms. The number of para-hydroxylation sites is 1. The van der Waals surface area contributed by atoms with Gasteiger partial charge in [0.2, 0.25) is 0 Å². The molecule has 0 saturated heterocycles. The number of nitrogens with one attached hydrogen (secondary N) is 1. The summed E-state index contributed by atoms with van der Waals surface area (Å²) in [6.45, 7) is -0.0177. The van der Waals surface area contributed by atoms with Crippen LogP contribution in [0, 0.1) is 0 Å². The molecule has 0 unspecified atom stereocenters. The molecule has 1 heterocycles. The van der Waals surface area contributed by atoms with E-state index >= 15 is 0 Å². The van der Waals surface area contributed by atoms with Crippen LogP contribution in [0.1, 0.15) is 0 Å². The fourth-order valence-electron chi connectivity index (χ4n) is 2.15. The number of rotatable bonds is 5. The van der Waals surface area contributed by atoms with E-state index in [4.69, 9.17) is 4.74 Å². The van der Waals surface area contributed by atoms with Gasteiger partial charge in [-0.15, -0.1) is 0 Å². The van der Waals surface area contributed by atoms with E-state index in [9.17, 15) is 4.79 Å². The summed E-state index contributed by atoms with van der Waals surface area (Å²) in [6.07, 6.45) is 3.51. The van der Waals surface area contributed by atoms with Crippen LogP contribution >= 0.6 is 0 Å². The molecule has 1 N–H and O–H groups in total. The molecule has 2 aromatic carbocycles. The summed E-state index contributed by atoms with van der Waals surface area (Å²) >= 11 is 0. The number of anilines is 1. The van der Waals surface area contributed by atoms with Crippen LogP contribution < -0.4 is 10.1 Å². The number of pyridine rings is 1. The van der Waals surface area contributed by atoms with Crippen molar-refractivity contribution in [2.45, 2.75) is 0 Å². The van der Waals surface area contributed by atoms with Crippen molar-refractivity contribution in [1.82, 2.24) is 4.98 Å². The molecule has 4 nitrogen and oxygen atoms in total. The third-order valence-corrected chi connectivity index (χ3v) is 3.30. The van der Waals surface area contributed by atoms with Gasteiger partial charge >= 0.3 is 0 Å². The lowest BCUT2D eigenvalue weighted by atomic mass is 10.1. The SMILES string of the molecule is O=C(COc1ccccc1)Nc1ccc(-c2ccncc2)cc1. The smallest absolute Gasteiger partial charge is 0.262 e. The Balaban J connectivity index is 1.57. The molecule has 0 aliphatic heterocycles. The van der Waals surface area contributed by atoms with E-state index in [1.807, 2.05) is 66.7 Å². The first-order valence-corrected chi connectivity index (χ1v) is 7.29. The Morgan fingerprint density at radius 1 is 0.870 bits per heavy atom.